The van der Waals surface area contributed by atoms with Crippen LogP contribution in [0.4, 0.5) is 4.39 Å². The molecule has 0 saturated carbocycles. The highest BCUT2D eigenvalue weighted by molar-refractivity contribution is 7.89. The van der Waals surface area contributed by atoms with Crippen LogP contribution >= 0.6 is 0 Å². The van der Waals surface area contributed by atoms with E-state index in [4.69, 9.17) is 9.47 Å². The highest BCUT2D eigenvalue weighted by Crippen LogP contribution is 2.28. The maximum Gasteiger partial charge on any atom is 0.243 e. The van der Waals surface area contributed by atoms with Gasteiger partial charge in [0.05, 0.1) is 19.2 Å². The van der Waals surface area contributed by atoms with Crippen molar-refractivity contribution in [2.75, 3.05) is 19.8 Å². The average molecular weight is 410 g/mol. The Hall–Kier alpha value is -2.65. The molecule has 2 aromatic rings. The Bertz CT molecular complexity index is 945. The molecule has 9 heteroatoms. The van der Waals surface area contributed by atoms with Gasteiger partial charge in [-0.1, -0.05) is 12.1 Å². The lowest BCUT2D eigenvalue weighted by molar-refractivity contribution is -0.255. The largest absolute Gasteiger partial charge is 0.545 e. The number of carbonyl (C=O) groups is 1. The van der Waals surface area contributed by atoms with Gasteiger partial charge in [0.1, 0.15) is 10.7 Å². The molecule has 7 nitrogen and oxygen atoms in total. The molecule has 0 radical (unpaired) electrons. The zero-order valence-corrected chi connectivity index (χ0v) is 16.3. The van der Waals surface area contributed by atoms with Crippen molar-refractivity contribution in [3.63, 3.8) is 0 Å². The first-order chi connectivity index (χ1) is 13.3. The molecule has 1 N–H and O–H groups in total. The second-order valence-electron chi connectivity index (χ2n) is 5.73. The molecule has 0 aromatic heterocycles. The van der Waals surface area contributed by atoms with E-state index in [2.05, 4.69) is 4.72 Å². The smallest absolute Gasteiger partial charge is 0.243 e. The van der Waals surface area contributed by atoms with E-state index in [-0.39, 0.29) is 6.54 Å². The third-order valence-corrected chi connectivity index (χ3v) is 5.25. The molecule has 2 aromatic carbocycles. The number of carbonyl (C=O) groups excluding carboxylic acids is 1. The third-order valence-electron chi connectivity index (χ3n) is 3.77. The van der Waals surface area contributed by atoms with Crippen LogP contribution in [0, 0.1) is 5.82 Å². The Labute approximate surface area is 163 Å². The molecule has 0 spiro atoms. The van der Waals surface area contributed by atoms with Gasteiger partial charge in [-0.3, -0.25) is 0 Å². The van der Waals surface area contributed by atoms with Crippen molar-refractivity contribution >= 4 is 16.0 Å². The van der Waals surface area contributed by atoms with Gasteiger partial charge >= 0.3 is 0 Å². The fourth-order valence-corrected chi connectivity index (χ4v) is 3.63. The summed E-state index contributed by atoms with van der Waals surface area (Å²) >= 11 is 0. The van der Waals surface area contributed by atoms with Crippen LogP contribution in [-0.4, -0.2) is 34.1 Å². The molecule has 0 atom stereocenters. The van der Waals surface area contributed by atoms with E-state index < -0.39 is 32.3 Å². The number of nitrogens with one attached hydrogen (secondary N) is 1. The van der Waals surface area contributed by atoms with E-state index in [1.54, 1.807) is 18.2 Å². The van der Waals surface area contributed by atoms with Gasteiger partial charge in [0.25, 0.3) is 0 Å². The number of aromatic carboxylic acids is 1. The quantitative estimate of drug-likeness (QED) is 0.637. The molecule has 0 aliphatic heterocycles. The number of hydrogen-bond donors (Lipinski definition) is 1. The molecule has 28 heavy (non-hydrogen) atoms. The van der Waals surface area contributed by atoms with Crippen molar-refractivity contribution in [1.82, 2.24) is 4.72 Å². The van der Waals surface area contributed by atoms with Crippen LogP contribution < -0.4 is 19.3 Å². The first kappa shape index (κ1) is 21.6. The van der Waals surface area contributed by atoms with Crippen molar-refractivity contribution < 1.29 is 32.2 Å². The Morgan fingerprint density at radius 1 is 1.07 bits per heavy atom. The number of carboxylic acid groups (broad SMARTS) is 1. The Morgan fingerprint density at radius 3 is 2.39 bits per heavy atom. The molecule has 0 saturated heterocycles. The molecular formula is C19H21FNO6S-. The molecule has 2 rings (SSSR count). The molecular weight excluding hydrogens is 389 g/mol. The van der Waals surface area contributed by atoms with E-state index in [0.717, 1.165) is 23.8 Å². The number of benzene rings is 2. The van der Waals surface area contributed by atoms with Gasteiger partial charge in [0.2, 0.25) is 10.0 Å². The number of carboxylic acids is 1. The Kier molecular flexibility index (Phi) is 7.36. The molecule has 0 fully saturated rings. The van der Waals surface area contributed by atoms with Gasteiger partial charge in [-0.2, -0.15) is 0 Å². The number of rotatable bonds is 10. The SMILES string of the molecule is CCOc1ccc(CCNS(=O)(=O)c2cc(C(=O)[O-])ccc2F)cc1OCC. The van der Waals surface area contributed by atoms with Gasteiger partial charge in [-0.05, 0) is 55.7 Å². The highest BCUT2D eigenvalue weighted by Gasteiger charge is 2.19. The van der Waals surface area contributed by atoms with Crippen molar-refractivity contribution in [3.8, 4) is 11.5 Å². The van der Waals surface area contributed by atoms with Crippen LogP contribution in [0.25, 0.3) is 0 Å². The van der Waals surface area contributed by atoms with Gasteiger partial charge < -0.3 is 19.4 Å². The molecule has 152 valence electrons. The minimum atomic E-state index is -4.23. The van der Waals surface area contributed by atoms with Crippen molar-refractivity contribution in [1.29, 1.82) is 0 Å². The minimum Gasteiger partial charge on any atom is -0.545 e. The summed E-state index contributed by atoms with van der Waals surface area (Å²) in [6, 6.07) is 7.72. The van der Waals surface area contributed by atoms with Crippen LogP contribution in [0.1, 0.15) is 29.8 Å². The van der Waals surface area contributed by atoms with E-state index in [1.807, 2.05) is 13.8 Å². The number of ether oxygens (including phenoxy) is 2. The predicted octanol–water partition coefficient (Wildman–Crippen LogP) is 1.51. The predicted molar refractivity (Wildman–Crippen MR) is 98.4 cm³/mol. The zero-order chi connectivity index (χ0) is 20.7. The standard InChI is InChI=1S/C19H22FNO6S/c1-3-26-16-8-5-13(11-17(16)27-4-2)9-10-21-28(24,25)18-12-14(19(22)23)6-7-15(18)20/h5-8,11-12,21H,3-4,9-10H2,1-2H3,(H,22,23)/p-1. The second kappa shape index (κ2) is 9.52. The van der Waals surface area contributed by atoms with Crippen molar-refractivity contribution in [2.45, 2.75) is 25.2 Å². The first-order valence-corrected chi connectivity index (χ1v) is 10.2. The molecule has 0 aliphatic rings. The number of halogens is 1. The number of sulfonamides is 1. The van der Waals surface area contributed by atoms with Crippen molar-refractivity contribution in [2.24, 2.45) is 0 Å². The van der Waals surface area contributed by atoms with Crippen LogP contribution in [0.2, 0.25) is 0 Å². The van der Waals surface area contributed by atoms with Crippen LogP contribution in [0.5, 0.6) is 11.5 Å². The summed E-state index contributed by atoms with van der Waals surface area (Å²) in [6.07, 6.45) is 0.313. The molecule has 0 bridgehead atoms. The van der Waals surface area contributed by atoms with E-state index in [0.29, 0.717) is 31.1 Å². The topological polar surface area (TPSA) is 105 Å². The summed E-state index contributed by atoms with van der Waals surface area (Å²) < 4.78 is 51.8. The van der Waals surface area contributed by atoms with Gasteiger partial charge in [-0.15, -0.1) is 0 Å². The molecule has 0 aliphatic carbocycles. The summed E-state index contributed by atoms with van der Waals surface area (Å²) in [7, 11) is -4.23. The van der Waals surface area contributed by atoms with Crippen LogP contribution in [0.3, 0.4) is 0 Å². The summed E-state index contributed by atoms with van der Waals surface area (Å²) in [5.41, 5.74) is 0.369. The first-order valence-electron chi connectivity index (χ1n) is 8.67. The zero-order valence-electron chi connectivity index (χ0n) is 15.5. The molecule has 0 heterocycles. The number of hydrogen-bond acceptors (Lipinski definition) is 6. The van der Waals surface area contributed by atoms with E-state index >= 15 is 0 Å². The van der Waals surface area contributed by atoms with Gasteiger partial charge in [-0.25, -0.2) is 17.5 Å². The summed E-state index contributed by atoms with van der Waals surface area (Å²) in [6.45, 7) is 4.61. The van der Waals surface area contributed by atoms with Gasteiger partial charge in [0.15, 0.2) is 11.5 Å². The van der Waals surface area contributed by atoms with E-state index in [1.165, 1.54) is 0 Å². The minimum absolute atomic E-state index is 0.0170. The third kappa shape index (κ3) is 5.43. The lowest BCUT2D eigenvalue weighted by Gasteiger charge is -2.13. The molecule has 0 amide bonds. The maximum absolute atomic E-state index is 13.9. The highest BCUT2D eigenvalue weighted by atomic mass is 32.2. The normalized spacial score (nSPS) is 11.2. The Balaban J connectivity index is 2.11. The summed E-state index contributed by atoms with van der Waals surface area (Å²) in [5.74, 6) is -1.49. The summed E-state index contributed by atoms with van der Waals surface area (Å²) in [5, 5.41) is 10.9. The van der Waals surface area contributed by atoms with E-state index in [9.17, 15) is 22.7 Å². The van der Waals surface area contributed by atoms with Gasteiger partial charge in [0, 0.05) is 6.54 Å². The Morgan fingerprint density at radius 2 is 1.75 bits per heavy atom. The average Bonchev–Trinajstić information content (AvgIpc) is 2.64. The van der Waals surface area contributed by atoms with Crippen molar-refractivity contribution in [3.05, 3.63) is 53.3 Å². The maximum atomic E-state index is 13.9. The lowest BCUT2D eigenvalue weighted by atomic mass is 10.1. The fourth-order valence-electron chi connectivity index (χ4n) is 2.49. The summed E-state index contributed by atoms with van der Waals surface area (Å²) in [4.78, 5) is 10.1. The molecule has 0 unspecified atom stereocenters. The lowest BCUT2D eigenvalue weighted by Crippen LogP contribution is -2.28. The fraction of sp³-hybridized carbons (Fsp3) is 0.316. The van der Waals surface area contributed by atoms with Crippen LogP contribution in [-0.2, 0) is 16.4 Å². The van der Waals surface area contributed by atoms with Crippen LogP contribution in [0.15, 0.2) is 41.3 Å². The monoisotopic (exact) mass is 410 g/mol. The second-order valence-corrected chi connectivity index (χ2v) is 7.46.